The van der Waals surface area contributed by atoms with Gasteiger partial charge in [0, 0.05) is 36.3 Å². The van der Waals surface area contributed by atoms with E-state index in [1.165, 1.54) is 18.3 Å². The van der Waals surface area contributed by atoms with Crippen LogP contribution in [0.1, 0.15) is 29.1 Å². The molecule has 1 fully saturated rings. The van der Waals surface area contributed by atoms with E-state index in [2.05, 4.69) is 26.6 Å². The summed E-state index contributed by atoms with van der Waals surface area (Å²) in [6.45, 7) is 1.45. The molecule has 1 aromatic carbocycles. The first-order valence-electron chi connectivity index (χ1n) is 9.04. The summed E-state index contributed by atoms with van der Waals surface area (Å²) in [4.78, 5) is 4.09. The van der Waals surface area contributed by atoms with Gasteiger partial charge in [0.05, 0.1) is 25.5 Å². The topological polar surface area (TPSA) is 64.9 Å². The Labute approximate surface area is 161 Å². The van der Waals surface area contributed by atoms with Gasteiger partial charge in [0.1, 0.15) is 12.2 Å². The first-order chi connectivity index (χ1) is 13.6. The molecular weight excluding hydrogens is 364 g/mol. The zero-order valence-corrected chi connectivity index (χ0v) is 15.5. The highest BCUT2D eigenvalue weighted by molar-refractivity contribution is 5.49. The normalized spacial score (nSPS) is 15.4. The summed E-state index contributed by atoms with van der Waals surface area (Å²) in [5.41, 5.74) is 2.13. The van der Waals surface area contributed by atoms with Gasteiger partial charge in [-0.2, -0.15) is 0 Å². The van der Waals surface area contributed by atoms with E-state index in [0.717, 1.165) is 23.5 Å². The monoisotopic (exact) mass is 385 g/mol. The van der Waals surface area contributed by atoms with Crippen molar-refractivity contribution in [2.45, 2.75) is 24.8 Å². The van der Waals surface area contributed by atoms with Crippen molar-refractivity contribution in [1.29, 1.82) is 0 Å². The molecule has 0 radical (unpaired) electrons. The molecule has 8 heteroatoms. The third-order valence-corrected chi connectivity index (χ3v) is 5.15. The van der Waals surface area contributed by atoms with Gasteiger partial charge in [0.25, 0.3) is 6.43 Å². The molecule has 146 valence electrons. The molecule has 0 bridgehead atoms. The van der Waals surface area contributed by atoms with Gasteiger partial charge in [-0.25, -0.2) is 8.78 Å². The van der Waals surface area contributed by atoms with Crippen LogP contribution in [0.4, 0.5) is 14.5 Å². The van der Waals surface area contributed by atoms with E-state index in [0.29, 0.717) is 18.9 Å². The van der Waals surface area contributed by atoms with Crippen LogP contribution in [-0.4, -0.2) is 33.0 Å². The molecule has 1 aliphatic rings. The number of aryl methyl sites for hydroxylation is 1. The number of alkyl halides is 2. The van der Waals surface area contributed by atoms with Crippen molar-refractivity contribution in [3.63, 3.8) is 0 Å². The van der Waals surface area contributed by atoms with Crippen molar-refractivity contribution in [2.24, 2.45) is 7.05 Å². The van der Waals surface area contributed by atoms with Gasteiger partial charge in [0.2, 0.25) is 0 Å². The third-order valence-electron chi connectivity index (χ3n) is 5.15. The SMILES string of the molecule is Cn1cnnc1CC1(c2cccc(NCc3ncccc3C(F)F)c2)COC1. The van der Waals surface area contributed by atoms with Gasteiger partial charge >= 0.3 is 0 Å². The van der Waals surface area contributed by atoms with Gasteiger partial charge in [-0.15, -0.1) is 10.2 Å². The second kappa shape index (κ2) is 7.63. The number of hydrogen-bond acceptors (Lipinski definition) is 5. The lowest BCUT2D eigenvalue weighted by Gasteiger charge is -2.41. The number of rotatable bonds is 7. The number of nitrogens with zero attached hydrogens (tertiary/aromatic N) is 4. The molecule has 3 aromatic rings. The number of benzene rings is 1. The van der Waals surface area contributed by atoms with Crippen molar-refractivity contribution in [3.8, 4) is 0 Å². The summed E-state index contributed by atoms with van der Waals surface area (Å²) in [6, 6.07) is 10.9. The van der Waals surface area contributed by atoms with E-state index in [1.807, 2.05) is 29.8 Å². The fourth-order valence-electron chi connectivity index (χ4n) is 3.43. The van der Waals surface area contributed by atoms with E-state index < -0.39 is 6.43 Å². The highest BCUT2D eigenvalue weighted by atomic mass is 19.3. The van der Waals surface area contributed by atoms with Crippen LogP contribution < -0.4 is 5.32 Å². The van der Waals surface area contributed by atoms with Crippen molar-refractivity contribution >= 4 is 5.69 Å². The second-order valence-corrected chi connectivity index (χ2v) is 7.08. The van der Waals surface area contributed by atoms with Crippen molar-refractivity contribution in [3.05, 3.63) is 71.6 Å². The predicted octanol–water partition coefficient (Wildman–Crippen LogP) is 3.27. The van der Waals surface area contributed by atoms with Crippen LogP contribution >= 0.6 is 0 Å². The molecule has 0 aliphatic carbocycles. The first-order valence-corrected chi connectivity index (χ1v) is 9.04. The summed E-state index contributed by atoms with van der Waals surface area (Å²) in [5.74, 6) is 0.900. The zero-order chi connectivity index (χ0) is 19.6. The number of ether oxygens (including phenoxy) is 1. The Balaban J connectivity index is 1.52. The van der Waals surface area contributed by atoms with Gasteiger partial charge in [-0.3, -0.25) is 4.98 Å². The van der Waals surface area contributed by atoms with Crippen molar-refractivity contribution in [2.75, 3.05) is 18.5 Å². The molecule has 0 saturated carbocycles. The average molecular weight is 385 g/mol. The van der Waals surface area contributed by atoms with Crippen LogP contribution in [0.3, 0.4) is 0 Å². The van der Waals surface area contributed by atoms with E-state index in [4.69, 9.17) is 4.74 Å². The molecule has 1 N–H and O–H groups in total. The molecule has 1 saturated heterocycles. The highest BCUT2D eigenvalue weighted by Gasteiger charge is 2.41. The molecule has 0 spiro atoms. The van der Waals surface area contributed by atoms with Crippen LogP contribution in [-0.2, 0) is 30.2 Å². The largest absolute Gasteiger partial charge is 0.379 e. The summed E-state index contributed by atoms with van der Waals surface area (Å²) in [5, 5.41) is 11.4. The Morgan fingerprint density at radius 2 is 2.11 bits per heavy atom. The summed E-state index contributed by atoms with van der Waals surface area (Å²) < 4.78 is 33.7. The van der Waals surface area contributed by atoms with Crippen LogP contribution in [0.5, 0.6) is 0 Å². The maximum Gasteiger partial charge on any atom is 0.265 e. The van der Waals surface area contributed by atoms with Crippen LogP contribution in [0.15, 0.2) is 48.9 Å². The van der Waals surface area contributed by atoms with Crippen LogP contribution in [0.2, 0.25) is 0 Å². The number of nitrogens with one attached hydrogen (secondary N) is 1. The van der Waals surface area contributed by atoms with Crippen molar-refractivity contribution < 1.29 is 13.5 Å². The Bertz CT molecular complexity index is 955. The van der Waals surface area contributed by atoms with E-state index in [-0.39, 0.29) is 17.5 Å². The molecule has 1 aliphatic heterocycles. The third kappa shape index (κ3) is 3.60. The van der Waals surface area contributed by atoms with E-state index in [9.17, 15) is 8.78 Å². The minimum Gasteiger partial charge on any atom is -0.379 e. The number of halogens is 2. The highest BCUT2D eigenvalue weighted by Crippen LogP contribution is 2.36. The molecule has 2 aromatic heterocycles. The van der Waals surface area contributed by atoms with Gasteiger partial charge < -0.3 is 14.6 Å². The second-order valence-electron chi connectivity index (χ2n) is 7.08. The quantitative estimate of drug-likeness (QED) is 0.676. The van der Waals surface area contributed by atoms with Gasteiger partial charge in [0.15, 0.2) is 0 Å². The van der Waals surface area contributed by atoms with Gasteiger partial charge in [-0.05, 0) is 29.8 Å². The smallest absolute Gasteiger partial charge is 0.265 e. The number of pyridine rings is 1. The Kier molecular flexibility index (Phi) is 5.04. The molecule has 0 amide bonds. The van der Waals surface area contributed by atoms with Crippen LogP contribution in [0, 0.1) is 0 Å². The maximum absolute atomic E-state index is 13.1. The fraction of sp³-hybridized carbons (Fsp3) is 0.350. The molecule has 6 nitrogen and oxygen atoms in total. The minimum atomic E-state index is -2.54. The zero-order valence-electron chi connectivity index (χ0n) is 15.5. The number of anilines is 1. The summed E-state index contributed by atoms with van der Waals surface area (Å²) in [6.07, 6.45) is 1.40. The number of hydrogen-bond donors (Lipinski definition) is 1. The van der Waals surface area contributed by atoms with E-state index >= 15 is 0 Å². The lowest BCUT2D eigenvalue weighted by Crippen LogP contribution is -2.49. The minimum absolute atomic E-state index is 0.0442. The predicted molar refractivity (Wildman–Crippen MR) is 100 cm³/mol. The molecular formula is C20H21F2N5O. The average Bonchev–Trinajstić information content (AvgIpc) is 3.08. The molecule has 4 rings (SSSR count). The van der Waals surface area contributed by atoms with E-state index in [1.54, 1.807) is 6.33 Å². The standard InChI is InChI=1S/C20H21F2N5O/c1-27-13-25-26-18(27)9-20(11-28-12-20)14-4-2-5-15(8-14)24-10-17-16(19(21)22)6-3-7-23-17/h2-8,13,19,24H,9-12H2,1H3. The fourth-order valence-corrected chi connectivity index (χ4v) is 3.43. The Morgan fingerprint density at radius 3 is 2.79 bits per heavy atom. The molecule has 28 heavy (non-hydrogen) atoms. The van der Waals surface area contributed by atoms with Crippen LogP contribution in [0.25, 0.3) is 0 Å². The molecule has 3 heterocycles. The molecule has 0 atom stereocenters. The van der Waals surface area contributed by atoms with Gasteiger partial charge in [-0.1, -0.05) is 12.1 Å². The molecule has 0 unspecified atom stereocenters. The first kappa shape index (κ1) is 18.5. The Morgan fingerprint density at radius 1 is 1.25 bits per heavy atom. The maximum atomic E-state index is 13.1. The lowest BCUT2D eigenvalue weighted by molar-refractivity contribution is -0.0610. The Hall–Kier alpha value is -2.87. The number of aromatic nitrogens is 4. The summed E-state index contributed by atoms with van der Waals surface area (Å²) >= 11 is 0. The summed E-state index contributed by atoms with van der Waals surface area (Å²) in [7, 11) is 1.92. The van der Waals surface area contributed by atoms with Crippen molar-refractivity contribution in [1.82, 2.24) is 19.7 Å². The lowest BCUT2D eigenvalue weighted by atomic mass is 9.75.